The molecule has 7 heteroatoms. The van der Waals surface area contributed by atoms with Gasteiger partial charge in [-0.25, -0.2) is 12.8 Å². The van der Waals surface area contributed by atoms with Gasteiger partial charge in [0, 0.05) is 7.05 Å². The zero-order chi connectivity index (χ0) is 12.3. The van der Waals surface area contributed by atoms with Gasteiger partial charge in [-0.3, -0.25) is 0 Å². The molecule has 1 rings (SSSR count). The molecule has 0 aliphatic rings. The van der Waals surface area contributed by atoms with Crippen LogP contribution in [0.15, 0.2) is 29.2 Å². The summed E-state index contributed by atoms with van der Waals surface area (Å²) in [6.07, 6.45) is 0. The number of hydrogen-bond donors (Lipinski definition) is 1. The molecule has 0 aliphatic carbocycles. The predicted molar refractivity (Wildman–Crippen MR) is 63.0 cm³/mol. The van der Waals surface area contributed by atoms with Crippen molar-refractivity contribution in [3.63, 3.8) is 0 Å². The van der Waals surface area contributed by atoms with Crippen LogP contribution in [0.2, 0.25) is 0 Å². The fraction of sp³-hybridized carbons (Fsp3) is 0.222. The molecule has 0 saturated heterocycles. The third-order valence-electron chi connectivity index (χ3n) is 1.88. The van der Waals surface area contributed by atoms with Gasteiger partial charge in [-0.1, -0.05) is 18.3 Å². The normalized spacial score (nSPS) is 11.7. The maximum atomic E-state index is 12.9. The Morgan fingerprint density at radius 3 is 2.69 bits per heavy atom. The zero-order valence-corrected chi connectivity index (χ0v) is 10.2. The van der Waals surface area contributed by atoms with Crippen LogP contribution in [-0.2, 0) is 10.0 Å². The Labute approximate surface area is 98.9 Å². The molecule has 0 spiro atoms. The van der Waals surface area contributed by atoms with E-state index in [4.69, 9.17) is 5.73 Å². The Morgan fingerprint density at radius 2 is 2.19 bits per heavy atom. The van der Waals surface area contributed by atoms with E-state index in [-0.39, 0.29) is 16.4 Å². The molecule has 16 heavy (non-hydrogen) atoms. The lowest BCUT2D eigenvalue weighted by molar-refractivity contribution is 0.505. The lowest BCUT2D eigenvalue weighted by Crippen LogP contribution is -2.34. The van der Waals surface area contributed by atoms with Crippen LogP contribution < -0.4 is 5.73 Å². The van der Waals surface area contributed by atoms with Crippen molar-refractivity contribution in [2.75, 3.05) is 13.6 Å². The number of thiocarbonyl (C=S) groups is 1. The number of benzene rings is 1. The maximum absolute atomic E-state index is 12.9. The van der Waals surface area contributed by atoms with Crippen LogP contribution in [0.4, 0.5) is 4.39 Å². The maximum Gasteiger partial charge on any atom is 0.243 e. The second-order valence-corrected chi connectivity index (χ2v) is 5.75. The highest BCUT2D eigenvalue weighted by Crippen LogP contribution is 2.14. The van der Waals surface area contributed by atoms with Gasteiger partial charge in [-0.2, -0.15) is 4.31 Å². The van der Waals surface area contributed by atoms with Crippen LogP contribution in [-0.4, -0.2) is 31.3 Å². The molecule has 0 radical (unpaired) electrons. The Hall–Kier alpha value is -1.05. The molecule has 0 unspecified atom stereocenters. The summed E-state index contributed by atoms with van der Waals surface area (Å²) < 4.78 is 37.6. The first kappa shape index (κ1) is 13.0. The molecule has 0 heterocycles. The first-order valence-electron chi connectivity index (χ1n) is 4.34. The Kier molecular flexibility index (Phi) is 3.95. The van der Waals surface area contributed by atoms with Gasteiger partial charge in [0.2, 0.25) is 10.0 Å². The topological polar surface area (TPSA) is 63.4 Å². The second kappa shape index (κ2) is 4.86. The fourth-order valence-corrected chi connectivity index (χ4v) is 2.57. The van der Waals surface area contributed by atoms with Crippen molar-refractivity contribution < 1.29 is 12.8 Å². The summed E-state index contributed by atoms with van der Waals surface area (Å²) in [6.45, 7) is -0.0752. The van der Waals surface area contributed by atoms with Gasteiger partial charge in [-0.15, -0.1) is 0 Å². The minimum absolute atomic E-state index is 0.0579. The van der Waals surface area contributed by atoms with E-state index in [1.165, 1.54) is 25.2 Å². The van der Waals surface area contributed by atoms with Crippen molar-refractivity contribution in [3.05, 3.63) is 30.1 Å². The van der Waals surface area contributed by atoms with E-state index in [1.807, 2.05) is 0 Å². The molecule has 0 fully saturated rings. The Bertz CT molecular complexity index is 502. The summed E-state index contributed by atoms with van der Waals surface area (Å²) in [5.74, 6) is -0.607. The average Bonchev–Trinajstić information content (AvgIpc) is 2.16. The van der Waals surface area contributed by atoms with E-state index in [0.29, 0.717) is 0 Å². The number of likely N-dealkylation sites (N-methyl/N-ethyl adjacent to an activating group) is 1. The van der Waals surface area contributed by atoms with Gasteiger partial charge >= 0.3 is 0 Å². The molecule has 2 N–H and O–H groups in total. The number of hydrogen-bond acceptors (Lipinski definition) is 3. The minimum Gasteiger partial charge on any atom is -0.392 e. The van der Waals surface area contributed by atoms with Crippen LogP contribution in [0.3, 0.4) is 0 Å². The van der Waals surface area contributed by atoms with Crippen molar-refractivity contribution >= 4 is 27.2 Å². The number of nitrogens with two attached hydrogens (primary N) is 1. The van der Waals surface area contributed by atoms with Gasteiger partial charge in [0.05, 0.1) is 16.4 Å². The monoisotopic (exact) mass is 262 g/mol. The largest absolute Gasteiger partial charge is 0.392 e. The van der Waals surface area contributed by atoms with Crippen molar-refractivity contribution in [1.82, 2.24) is 4.31 Å². The van der Waals surface area contributed by atoms with Crippen LogP contribution in [0.25, 0.3) is 0 Å². The third kappa shape index (κ3) is 2.97. The van der Waals surface area contributed by atoms with E-state index >= 15 is 0 Å². The molecule has 4 nitrogen and oxygen atoms in total. The highest BCUT2D eigenvalue weighted by molar-refractivity contribution is 7.89. The zero-order valence-electron chi connectivity index (χ0n) is 8.55. The lowest BCUT2D eigenvalue weighted by Gasteiger charge is -2.16. The average molecular weight is 262 g/mol. The first-order chi connectivity index (χ1) is 7.34. The van der Waals surface area contributed by atoms with Crippen molar-refractivity contribution in [1.29, 1.82) is 0 Å². The molecular formula is C9H11FN2O2S2. The molecular weight excluding hydrogens is 251 g/mol. The second-order valence-electron chi connectivity index (χ2n) is 3.18. The molecule has 0 amide bonds. The van der Waals surface area contributed by atoms with Crippen LogP contribution in [0, 0.1) is 5.82 Å². The molecule has 0 saturated carbocycles. The SMILES string of the molecule is CN(CC(N)=S)S(=O)(=O)c1cccc(F)c1. The van der Waals surface area contributed by atoms with E-state index in [2.05, 4.69) is 12.2 Å². The summed E-state index contributed by atoms with van der Waals surface area (Å²) in [5.41, 5.74) is 5.25. The van der Waals surface area contributed by atoms with Crippen molar-refractivity contribution in [3.8, 4) is 0 Å². The summed E-state index contributed by atoms with van der Waals surface area (Å²) in [7, 11) is -2.40. The molecule has 0 aliphatic heterocycles. The van der Waals surface area contributed by atoms with Crippen LogP contribution >= 0.6 is 12.2 Å². The smallest absolute Gasteiger partial charge is 0.243 e. The lowest BCUT2D eigenvalue weighted by atomic mass is 10.4. The number of sulfonamides is 1. The van der Waals surface area contributed by atoms with Gasteiger partial charge in [0.15, 0.2) is 0 Å². The molecule has 1 aromatic rings. The molecule has 1 aromatic carbocycles. The number of halogens is 1. The third-order valence-corrected chi connectivity index (χ3v) is 3.81. The summed E-state index contributed by atoms with van der Waals surface area (Å²) in [6, 6.07) is 4.77. The predicted octanol–water partition coefficient (Wildman–Crippen LogP) is 0.732. The Balaban J connectivity index is 3.07. The minimum atomic E-state index is -3.73. The van der Waals surface area contributed by atoms with Gasteiger partial charge in [0.1, 0.15) is 5.82 Å². The Morgan fingerprint density at radius 1 is 1.56 bits per heavy atom. The summed E-state index contributed by atoms with van der Waals surface area (Å²) in [4.78, 5) is -0.0614. The first-order valence-corrected chi connectivity index (χ1v) is 6.19. The number of rotatable bonds is 4. The van der Waals surface area contributed by atoms with Gasteiger partial charge < -0.3 is 5.73 Å². The highest BCUT2D eigenvalue weighted by atomic mass is 32.2. The fourth-order valence-electron chi connectivity index (χ4n) is 1.11. The molecule has 88 valence electrons. The molecule has 0 bridgehead atoms. The van der Waals surface area contributed by atoms with E-state index < -0.39 is 15.8 Å². The quantitative estimate of drug-likeness (QED) is 0.813. The van der Waals surface area contributed by atoms with Gasteiger partial charge in [0.25, 0.3) is 0 Å². The standard InChI is InChI=1S/C9H11FN2O2S2/c1-12(6-9(11)15)16(13,14)8-4-2-3-7(10)5-8/h2-5H,6H2,1H3,(H2,11,15). The molecule has 0 atom stereocenters. The highest BCUT2D eigenvalue weighted by Gasteiger charge is 2.21. The van der Waals surface area contributed by atoms with Crippen molar-refractivity contribution in [2.24, 2.45) is 5.73 Å². The molecule has 0 aromatic heterocycles. The van der Waals surface area contributed by atoms with E-state index in [0.717, 1.165) is 10.4 Å². The van der Waals surface area contributed by atoms with E-state index in [1.54, 1.807) is 0 Å². The summed E-state index contributed by atoms with van der Waals surface area (Å²) >= 11 is 4.61. The van der Waals surface area contributed by atoms with E-state index in [9.17, 15) is 12.8 Å². The van der Waals surface area contributed by atoms with Gasteiger partial charge in [-0.05, 0) is 18.2 Å². The summed E-state index contributed by atoms with van der Waals surface area (Å²) in [5, 5.41) is 0. The van der Waals surface area contributed by atoms with Crippen molar-refractivity contribution in [2.45, 2.75) is 4.90 Å². The van der Waals surface area contributed by atoms with Crippen LogP contribution in [0.5, 0.6) is 0 Å². The number of nitrogens with zero attached hydrogens (tertiary/aromatic N) is 1. The van der Waals surface area contributed by atoms with Crippen LogP contribution in [0.1, 0.15) is 0 Å².